The van der Waals surface area contributed by atoms with E-state index in [4.69, 9.17) is 10.5 Å². The molecule has 94 valence electrons. The number of hydrogen-bond acceptors (Lipinski definition) is 3. The van der Waals surface area contributed by atoms with E-state index < -0.39 is 0 Å². The van der Waals surface area contributed by atoms with Crippen molar-refractivity contribution >= 4 is 5.69 Å². The Bertz CT molecular complexity index is 576. The van der Waals surface area contributed by atoms with E-state index in [9.17, 15) is 4.79 Å². The van der Waals surface area contributed by atoms with Crippen LogP contribution in [0.1, 0.15) is 11.1 Å². The molecule has 0 radical (unpaired) electrons. The van der Waals surface area contributed by atoms with Crippen LogP contribution in [0.2, 0.25) is 0 Å². The summed E-state index contributed by atoms with van der Waals surface area (Å²) in [6, 6.07) is 11.3. The highest BCUT2D eigenvalue weighted by Crippen LogP contribution is 2.06. The average Bonchev–Trinajstić information content (AvgIpc) is 2.37. The monoisotopic (exact) mass is 244 g/mol. The van der Waals surface area contributed by atoms with Crippen LogP contribution in [-0.4, -0.2) is 4.57 Å². The van der Waals surface area contributed by atoms with E-state index in [-0.39, 0.29) is 12.3 Å². The molecule has 2 N–H and O–H groups in total. The number of nitrogens with two attached hydrogens (primary N) is 1. The zero-order valence-electron chi connectivity index (χ0n) is 10.3. The number of benzene rings is 1. The average molecular weight is 244 g/mol. The molecule has 0 aliphatic carbocycles. The van der Waals surface area contributed by atoms with Crippen LogP contribution in [0.4, 0.5) is 5.69 Å². The van der Waals surface area contributed by atoms with Crippen LogP contribution >= 0.6 is 0 Å². The van der Waals surface area contributed by atoms with Crippen molar-refractivity contribution in [3.05, 3.63) is 64.1 Å². The summed E-state index contributed by atoms with van der Waals surface area (Å²) in [7, 11) is 0. The van der Waals surface area contributed by atoms with Crippen molar-refractivity contribution in [1.29, 1.82) is 0 Å². The van der Waals surface area contributed by atoms with Gasteiger partial charge >= 0.3 is 0 Å². The lowest BCUT2D eigenvalue weighted by Crippen LogP contribution is -2.21. The first kappa shape index (κ1) is 12.4. The summed E-state index contributed by atoms with van der Waals surface area (Å²) in [5.41, 5.74) is 8.12. The van der Waals surface area contributed by atoms with Crippen LogP contribution in [0.25, 0.3) is 0 Å². The van der Waals surface area contributed by atoms with Gasteiger partial charge < -0.3 is 10.5 Å². The number of nitrogens with zero attached hydrogens (tertiary/aromatic N) is 1. The van der Waals surface area contributed by atoms with E-state index in [2.05, 4.69) is 0 Å². The summed E-state index contributed by atoms with van der Waals surface area (Å²) in [4.78, 5) is 11.7. The van der Waals surface area contributed by atoms with Crippen LogP contribution in [0.15, 0.2) is 47.4 Å². The molecule has 0 amide bonds. The number of ether oxygens (including phenoxy) is 1. The minimum Gasteiger partial charge on any atom is -0.397 e. The Labute approximate surface area is 106 Å². The van der Waals surface area contributed by atoms with Gasteiger partial charge in [0.2, 0.25) is 0 Å². The Morgan fingerprint density at radius 2 is 2.00 bits per heavy atom. The van der Waals surface area contributed by atoms with Gasteiger partial charge in [0.15, 0.2) is 0 Å². The molecule has 2 aromatic rings. The van der Waals surface area contributed by atoms with Gasteiger partial charge in [-0.15, -0.1) is 0 Å². The predicted molar refractivity (Wildman–Crippen MR) is 71.1 cm³/mol. The highest BCUT2D eigenvalue weighted by atomic mass is 16.5. The van der Waals surface area contributed by atoms with E-state index in [1.54, 1.807) is 6.20 Å². The minimum absolute atomic E-state index is 0.102. The third-order valence-electron chi connectivity index (χ3n) is 2.72. The number of aromatic nitrogens is 1. The number of nitrogen functional groups attached to an aromatic ring is 1. The van der Waals surface area contributed by atoms with E-state index in [0.717, 1.165) is 11.1 Å². The van der Waals surface area contributed by atoms with E-state index in [0.29, 0.717) is 12.3 Å². The van der Waals surface area contributed by atoms with Crippen molar-refractivity contribution in [2.75, 3.05) is 5.73 Å². The molecule has 0 unspecified atom stereocenters. The summed E-state index contributed by atoms with van der Waals surface area (Å²) in [5.74, 6) is 0. The van der Waals surface area contributed by atoms with Crippen LogP contribution in [-0.2, 0) is 18.1 Å². The molecule has 4 heteroatoms. The van der Waals surface area contributed by atoms with Gasteiger partial charge in [0, 0.05) is 12.3 Å². The van der Waals surface area contributed by atoms with Gasteiger partial charge in [-0.05, 0) is 18.1 Å². The Hall–Kier alpha value is -2.07. The molecular weight excluding hydrogens is 228 g/mol. The van der Waals surface area contributed by atoms with Crippen LogP contribution in [0.3, 0.4) is 0 Å². The highest BCUT2D eigenvalue weighted by molar-refractivity contribution is 5.42. The molecule has 1 heterocycles. The first-order valence-corrected chi connectivity index (χ1v) is 5.75. The van der Waals surface area contributed by atoms with Gasteiger partial charge in [-0.25, -0.2) is 0 Å². The standard InChI is InChI=1S/C14H16N2O2/c1-11-7-14(17)16(8-13(11)15)10-18-9-12-5-3-2-4-6-12/h2-8H,9-10,15H2,1H3. The van der Waals surface area contributed by atoms with Crippen LogP contribution < -0.4 is 11.3 Å². The van der Waals surface area contributed by atoms with Gasteiger partial charge in [-0.3, -0.25) is 9.36 Å². The second-order valence-corrected chi connectivity index (χ2v) is 4.18. The predicted octanol–water partition coefficient (Wildman–Crippen LogP) is 1.91. The van der Waals surface area contributed by atoms with E-state index >= 15 is 0 Å². The minimum atomic E-state index is -0.102. The molecule has 0 saturated heterocycles. The van der Waals surface area contributed by atoms with Crippen molar-refractivity contribution in [3.8, 4) is 0 Å². The summed E-state index contributed by atoms with van der Waals surface area (Å²) in [6.07, 6.45) is 1.61. The quantitative estimate of drug-likeness (QED) is 0.893. The van der Waals surface area contributed by atoms with E-state index in [1.807, 2.05) is 37.3 Å². The molecule has 0 saturated carbocycles. The molecule has 0 atom stereocenters. The first-order valence-electron chi connectivity index (χ1n) is 5.75. The summed E-state index contributed by atoms with van der Waals surface area (Å²) in [5, 5.41) is 0. The molecule has 0 aliphatic heterocycles. The molecule has 0 fully saturated rings. The Kier molecular flexibility index (Phi) is 3.79. The molecule has 0 bridgehead atoms. The van der Waals surface area contributed by atoms with Crippen molar-refractivity contribution < 1.29 is 4.74 Å². The third-order valence-corrected chi connectivity index (χ3v) is 2.72. The number of aryl methyl sites for hydroxylation is 1. The Balaban J connectivity index is 1.99. The largest absolute Gasteiger partial charge is 0.397 e. The second-order valence-electron chi connectivity index (χ2n) is 4.18. The highest BCUT2D eigenvalue weighted by Gasteiger charge is 2.00. The molecular formula is C14H16N2O2. The third kappa shape index (κ3) is 2.99. The lowest BCUT2D eigenvalue weighted by Gasteiger charge is -2.09. The maximum Gasteiger partial charge on any atom is 0.252 e. The first-order chi connectivity index (χ1) is 8.66. The fourth-order valence-electron chi connectivity index (χ4n) is 1.62. The molecule has 1 aromatic carbocycles. The number of rotatable bonds is 4. The van der Waals surface area contributed by atoms with Crippen molar-refractivity contribution in [2.45, 2.75) is 20.3 Å². The maximum atomic E-state index is 11.7. The van der Waals surface area contributed by atoms with Crippen molar-refractivity contribution in [3.63, 3.8) is 0 Å². The van der Waals surface area contributed by atoms with Crippen LogP contribution in [0, 0.1) is 6.92 Å². The van der Waals surface area contributed by atoms with Crippen LogP contribution in [0.5, 0.6) is 0 Å². The summed E-state index contributed by atoms with van der Waals surface area (Å²) < 4.78 is 6.95. The van der Waals surface area contributed by atoms with Gasteiger partial charge in [-0.1, -0.05) is 30.3 Å². The van der Waals surface area contributed by atoms with Gasteiger partial charge in [0.05, 0.1) is 12.3 Å². The molecule has 4 nitrogen and oxygen atoms in total. The molecule has 18 heavy (non-hydrogen) atoms. The summed E-state index contributed by atoms with van der Waals surface area (Å²) in [6.45, 7) is 2.49. The lowest BCUT2D eigenvalue weighted by molar-refractivity contribution is 0.0618. The number of hydrogen-bond donors (Lipinski definition) is 1. The normalized spacial score (nSPS) is 10.5. The SMILES string of the molecule is Cc1cc(=O)n(COCc2ccccc2)cc1N. The fraction of sp³-hybridized carbons (Fsp3) is 0.214. The smallest absolute Gasteiger partial charge is 0.252 e. The molecule has 2 rings (SSSR count). The Morgan fingerprint density at radius 1 is 1.28 bits per heavy atom. The van der Waals surface area contributed by atoms with Gasteiger partial charge in [-0.2, -0.15) is 0 Å². The number of anilines is 1. The molecule has 0 aliphatic rings. The van der Waals surface area contributed by atoms with Gasteiger partial charge in [0.1, 0.15) is 6.73 Å². The lowest BCUT2D eigenvalue weighted by atomic mass is 10.2. The van der Waals surface area contributed by atoms with Gasteiger partial charge in [0.25, 0.3) is 5.56 Å². The Morgan fingerprint density at radius 3 is 2.72 bits per heavy atom. The summed E-state index contributed by atoms with van der Waals surface area (Å²) >= 11 is 0. The zero-order chi connectivity index (χ0) is 13.0. The fourth-order valence-corrected chi connectivity index (χ4v) is 1.62. The zero-order valence-corrected chi connectivity index (χ0v) is 10.3. The second kappa shape index (κ2) is 5.51. The molecule has 1 aromatic heterocycles. The molecule has 0 spiro atoms. The van der Waals surface area contributed by atoms with Crippen molar-refractivity contribution in [1.82, 2.24) is 4.57 Å². The maximum absolute atomic E-state index is 11.7. The topological polar surface area (TPSA) is 57.2 Å². The number of pyridine rings is 1. The van der Waals surface area contributed by atoms with Crippen molar-refractivity contribution in [2.24, 2.45) is 0 Å². The van der Waals surface area contributed by atoms with E-state index in [1.165, 1.54) is 10.6 Å².